The van der Waals surface area contributed by atoms with Gasteiger partial charge in [-0.05, 0) is 23.8 Å². The van der Waals surface area contributed by atoms with Gasteiger partial charge in [0.1, 0.15) is 12.3 Å². The van der Waals surface area contributed by atoms with Crippen molar-refractivity contribution in [2.45, 2.75) is 38.9 Å². The van der Waals surface area contributed by atoms with E-state index in [2.05, 4.69) is 25.2 Å². The van der Waals surface area contributed by atoms with Crippen molar-refractivity contribution < 1.29 is 36.6 Å². The maximum Gasteiger partial charge on any atom is 0.573 e. The van der Waals surface area contributed by atoms with Crippen molar-refractivity contribution in [2.24, 2.45) is 0 Å². The Morgan fingerprint density at radius 2 is 1.86 bits per heavy atom. The van der Waals surface area contributed by atoms with Crippen LogP contribution in [0.15, 0.2) is 24.3 Å². The molecule has 2 aliphatic heterocycles. The highest BCUT2D eigenvalue weighted by molar-refractivity contribution is 5.92. The van der Waals surface area contributed by atoms with Crippen LogP contribution in [0.3, 0.4) is 0 Å². The summed E-state index contributed by atoms with van der Waals surface area (Å²) in [4.78, 5) is 28.6. The molecule has 0 spiro atoms. The van der Waals surface area contributed by atoms with Crippen molar-refractivity contribution in [2.75, 3.05) is 19.6 Å². The van der Waals surface area contributed by atoms with E-state index in [9.17, 15) is 27.2 Å². The summed E-state index contributed by atoms with van der Waals surface area (Å²) in [7, 11) is 0. The van der Waals surface area contributed by atoms with Gasteiger partial charge in [0.2, 0.25) is 0 Å². The lowest BCUT2D eigenvalue weighted by atomic mass is 10.1. The SMILES string of the molecule is O=C(OCc1ccc(OC(F)(F)F)c(F)c1)N1CCc2cc(C(=O)N3CCc4[nH]nnc4C3)nn2CC1. The van der Waals surface area contributed by atoms with Crippen molar-refractivity contribution >= 4 is 12.0 Å². The minimum absolute atomic E-state index is 0.168. The highest BCUT2D eigenvalue weighted by Crippen LogP contribution is 2.26. The Bertz CT molecular complexity index is 1300. The number of halogens is 4. The highest BCUT2D eigenvalue weighted by Gasteiger charge is 2.32. The fraction of sp³-hybridized carbons (Fsp3) is 0.409. The molecule has 0 fully saturated rings. The van der Waals surface area contributed by atoms with Gasteiger partial charge < -0.3 is 19.3 Å². The number of alkyl halides is 3. The summed E-state index contributed by atoms with van der Waals surface area (Å²) in [5, 5.41) is 15.0. The topological polar surface area (TPSA) is 118 Å². The second-order valence-electron chi connectivity index (χ2n) is 8.56. The largest absolute Gasteiger partial charge is 0.573 e. The summed E-state index contributed by atoms with van der Waals surface area (Å²) in [6.45, 7) is 1.46. The van der Waals surface area contributed by atoms with Crippen LogP contribution in [0.2, 0.25) is 0 Å². The number of amides is 2. The lowest BCUT2D eigenvalue weighted by molar-refractivity contribution is -0.275. The van der Waals surface area contributed by atoms with E-state index in [1.54, 1.807) is 15.6 Å². The Labute approximate surface area is 206 Å². The second kappa shape index (κ2) is 9.71. The average molecular weight is 523 g/mol. The zero-order valence-electron chi connectivity index (χ0n) is 19.3. The Kier molecular flexibility index (Phi) is 6.43. The smallest absolute Gasteiger partial charge is 0.445 e. The Balaban J connectivity index is 1.14. The molecule has 2 amide bonds. The predicted molar refractivity (Wildman–Crippen MR) is 116 cm³/mol. The van der Waals surface area contributed by atoms with Crippen molar-refractivity contribution in [3.05, 3.63) is 58.4 Å². The number of nitrogens with one attached hydrogen (secondary N) is 1. The molecule has 0 radical (unpaired) electrons. The van der Waals surface area contributed by atoms with Gasteiger partial charge in [-0.25, -0.2) is 9.18 Å². The average Bonchev–Trinajstić information content (AvgIpc) is 3.44. The number of H-pyrrole nitrogens is 1. The van der Waals surface area contributed by atoms with Gasteiger partial charge in [0, 0.05) is 38.2 Å². The maximum absolute atomic E-state index is 13.9. The summed E-state index contributed by atoms with van der Waals surface area (Å²) in [6.07, 6.45) is -4.61. The van der Waals surface area contributed by atoms with Gasteiger partial charge >= 0.3 is 12.5 Å². The highest BCUT2D eigenvalue weighted by atomic mass is 19.4. The normalized spacial score (nSPS) is 15.6. The molecule has 0 aliphatic carbocycles. The fourth-order valence-corrected chi connectivity index (χ4v) is 4.23. The molecule has 0 bridgehead atoms. The third-order valence-electron chi connectivity index (χ3n) is 6.11. The zero-order valence-corrected chi connectivity index (χ0v) is 19.3. The maximum atomic E-state index is 13.9. The monoisotopic (exact) mass is 523 g/mol. The van der Waals surface area contributed by atoms with Crippen LogP contribution in [0.4, 0.5) is 22.4 Å². The molecule has 2 aliphatic rings. The van der Waals surface area contributed by atoms with E-state index in [0.717, 1.165) is 29.2 Å². The number of rotatable bonds is 4. The number of benzene rings is 1. The molecule has 3 aromatic rings. The van der Waals surface area contributed by atoms with Gasteiger partial charge in [0.25, 0.3) is 5.91 Å². The number of ether oxygens (including phenoxy) is 2. The van der Waals surface area contributed by atoms with E-state index in [1.165, 1.54) is 11.0 Å². The molecule has 1 aromatic carbocycles. The molecule has 0 atom stereocenters. The quantitative estimate of drug-likeness (QED) is 0.522. The first kappa shape index (κ1) is 24.5. The lowest BCUT2D eigenvalue weighted by Crippen LogP contribution is -2.36. The van der Waals surface area contributed by atoms with Gasteiger partial charge in [0.15, 0.2) is 17.3 Å². The summed E-state index contributed by atoms with van der Waals surface area (Å²) >= 11 is 0. The first-order valence-corrected chi connectivity index (χ1v) is 11.4. The van der Waals surface area contributed by atoms with Crippen LogP contribution in [-0.2, 0) is 37.3 Å². The Hall–Kier alpha value is -4.17. The molecule has 2 aromatic heterocycles. The third-order valence-corrected chi connectivity index (χ3v) is 6.11. The fourth-order valence-electron chi connectivity index (χ4n) is 4.23. The van der Waals surface area contributed by atoms with Crippen LogP contribution in [0.1, 0.15) is 33.1 Å². The molecule has 0 unspecified atom stereocenters. The summed E-state index contributed by atoms with van der Waals surface area (Å²) in [5.41, 5.74) is 2.94. The van der Waals surface area contributed by atoms with Crippen molar-refractivity contribution in [1.82, 2.24) is 35.0 Å². The first-order valence-electron chi connectivity index (χ1n) is 11.4. The Morgan fingerprint density at radius 3 is 2.65 bits per heavy atom. The number of nitrogens with zero attached hydrogens (tertiary/aromatic N) is 6. The molecule has 11 nitrogen and oxygen atoms in total. The Morgan fingerprint density at radius 1 is 1.05 bits per heavy atom. The van der Waals surface area contributed by atoms with Crippen LogP contribution in [-0.4, -0.2) is 73.0 Å². The molecule has 196 valence electrons. The molecular weight excluding hydrogens is 502 g/mol. The molecule has 0 saturated heterocycles. The molecule has 5 rings (SSSR count). The van der Waals surface area contributed by atoms with Gasteiger partial charge in [-0.3, -0.25) is 14.6 Å². The van der Waals surface area contributed by atoms with Crippen molar-refractivity contribution in [3.63, 3.8) is 0 Å². The molecule has 1 N–H and O–H groups in total. The summed E-state index contributed by atoms with van der Waals surface area (Å²) in [5.74, 6) is -2.39. The van der Waals surface area contributed by atoms with Crippen molar-refractivity contribution in [1.29, 1.82) is 0 Å². The number of hydrogen-bond donors (Lipinski definition) is 1. The minimum atomic E-state index is -5.02. The van der Waals surface area contributed by atoms with E-state index in [-0.39, 0.29) is 24.6 Å². The summed E-state index contributed by atoms with van der Waals surface area (Å²) < 4.78 is 61.2. The number of aromatic amines is 1. The zero-order chi connectivity index (χ0) is 26.2. The van der Waals surface area contributed by atoms with E-state index < -0.39 is 24.0 Å². The van der Waals surface area contributed by atoms with E-state index in [4.69, 9.17) is 4.74 Å². The van der Waals surface area contributed by atoms with Crippen LogP contribution >= 0.6 is 0 Å². The van der Waals surface area contributed by atoms with Gasteiger partial charge in [-0.15, -0.1) is 18.3 Å². The van der Waals surface area contributed by atoms with Crippen molar-refractivity contribution in [3.8, 4) is 5.75 Å². The molecular formula is C22H21F4N7O4. The van der Waals surface area contributed by atoms with Crippen LogP contribution in [0.5, 0.6) is 5.75 Å². The van der Waals surface area contributed by atoms with Crippen LogP contribution in [0.25, 0.3) is 0 Å². The van der Waals surface area contributed by atoms with Gasteiger partial charge in [-0.1, -0.05) is 11.3 Å². The number of fused-ring (bicyclic) bond motifs is 2. The molecule has 0 saturated carbocycles. The standard InChI is InChI=1S/C22H21F4N7O4/c23-15-9-13(1-2-19(15)37-22(24,25)26)12-36-21(35)31-5-3-14-10-17(29-33(14)8-7-31)20(34)32-6-4-16-18(11-32)28-30-27-16/h1-2,9-10H,3-8,11-12H2,(H,27,28,30). The third kappa shape index (κ3) is 5.49. The van der Waals surface area contributed by atoms with E-state index in [1.807, 2.05) is 0 Å². The minimum Gasteiger partial charge on any atom is -0.445 e. The van der Waals surface area contributed by atoms with E-state index in [0.29, 0.717) is 44.7 Å². The molecule has 37 heavy (non-hydrogen) atoms. The number of carbonyl (C=O) groups excluding carboxylic acids is 2. The predicted octanol–water partition coefficient (Wildman–Crippen LogP) is 2.43. The molecule has 15 heteroatoms. The first-order chi connectivity index (χ1) is 17.7. The lowest BCUT2D eigenvalue weighted by Gasteiger charge is -2.24. The van der Waals surface area contributed by atoms with E-state index >= 15 is 0 Å². The van der Waals surface area contributed by atoms with Crippen LogP contribution < -0.4 is 4.74 Å². The second-order valence-corrected chi connectivity index (χ2v) is 8.56. The van der Waals surface area contributed by atoms with Gasteiger partial charge in [-0.2, -0.15) is 5.10 Å². The molecule has 4 heterocycles. The van der Waals surface area contributed by atoms with Crippen LogP contribution in [0, 0.1) is 5.82 Å². The number of carbonyl (C=O) groups is 2. The summed E-state index contributed by atoms with van der Waals surface area (Å²) in [6, 6.07) is 4.53. The number of hydrogen-bond acceptors (Lipinski definition) is 7. The number of aromatic nitrogens is 5. The van der Waals surface area contributed by atoms with Gasteiger partial charge in [0.05, 0.1) is 18.8 Å².